The van der Waals surface area contributed by atoms with E-state index in [1.165, 1.54) is 0 Å². The maximum absolute atomic E-state index is 11.6. The van der Waals surface area contributed by atoms with E-state index in [-0.39, 0.29) is 12.1 Å². The lowest BCUT2D eigenvalue weighted by molar-refractivity contribution is 0.116. The van der Waals surface area contributed by atoms with Gasteiger partial charge in [0.1, 0.15) is 4.99 Å². The van der Waals surface area contributed by atoms with Gasteiger partial charge in [-0.1, -0.05) is 12.2 Å². The highest BCUT2D eigenvalue weighted by Gasteiger charge is 2.35. The molecule has 0 spiro atoms. The maximum Gasteiger partial charge on any atom is 0.317 e. The summed E-state index contributed by atoms with van der Waals surface area (Å²) in [5, 5.41) is 2.89. The minimum atomic E-state index is 0.0642. The highest BCUT2D eigenvalue weighted by Crippen LogP contribution is 2.16. The number of amides is 2. The van der Waals surface area contributed by atoms with Crippen molar-refractivity contribution in [3.05, 3.63) is 29.6 Å². The summed E-state index contributed by atoms with van der Waals surface area (Å²) in [5.74, 6) is 0. The van der Waals surface area contributed by atoms with Gasteiger partial charge >= 0.3 is 6.03 Å². The van der Waals surface area contributed by atoms with Gasteiger partial charge in [-0.05, 0) is 17.7 Å². The van der Waals surface area contributed by atoms with E-state index >= 15 is 0 Å². The Morgan fingerprint density at radius 2 is 2.40 bits per heavy atom. The van der Waals surface area contributed by atoms with Crippen LogP contribution in [0.25, 0.3) is 0 Å². The second-order valence-electron chi connectivity index (χ2n) is 5.18. The summed E-state index contributed by atoms with van der Waals surface area (Å²) >= 11 is 4.95. The average Bonchev–Trinajstić information content (AvgIpc) is 2.80. The van der Waals surface area contributed by atoms with Gasteiger partial charge in [-0.25, -0.2) is 4.79 Å². The molecule has 0 saturated carbocycles. The number of hydrogen-bond acceptors (Lipinski definition) is 4. The third-order valence-corrected chi connectivity index (χ3v) is 4.01. The lowest BCUT2D eigenvalue weighted by Gasteiger charge is -2.36. The number of aromatic nitrogens is 1. The molecule has 2 aliphatic heterocycles. The summed E-state index contributed by atoms with van der Waals surface area (Å²) in [6, 6.07) is 4.27. The molecular formula is C13H17N5OS. The highest BCUT2D eigenvalue weighted by atomic mass is 32.1. The van der Waals surface area contributed by atoms with Crippen molar-refractivity contribution in [3.8, 4) is 0 Å². The predicted octanol–water partition coefficient (Wildman–Crippen LogP) is -0.0748. The van der Waals surface area contributed by atoms with Crippen LogP contribution in [0, 0.1) is 0 Å². The van der Waals surface area contributed by atoms with Gasteiger partial charge in [0.15, 0.2) is 0 Å². The van der Waals surface area contributed by atoms with Crippen LogP contribution in [0.1, 0.15) is 11.3 Å². The van der Waals surface area contributed by atoms with Crippen molar-refractivity contribution in [1.29, 1.82) is 0 Å². The zero-order valence-electron chi connectivity index (χ0n) is 11.1. The molecule has 1 aromatic rings. The van der Waals surface area contributed by atoms with E-state index < -0.39 is 0 Å². The molecule has 1 atom stereocenters. The van der Waals surface area contributed by atoms with E-state index in [1.54, 1.807) is 6.20 Å². The number of rotatable bonds is 3. The Bertz CT molecular complexity index is 549. The predicted molar refractivity (Wildman–Crippen MR) is 79.3 cm³/mol. The first-order chi connectivity index (χ1) is 9.63. The van der Waals surface area contributed by atoms with Crippen molar-refractivity contribution in [3.63, 3.8) is 0 Å². The van der Waals surface area contributed by atoms with Gasteiger partial charge in [0.05, 0.1) is 11.7 Å². The van der Waals surface area contributed by atoms with Crippen molar-refractivity contribution in [2.45, 2.75) is 12.6 Å². The Morgan fingerprint density at radius 3 is 3.20 bits per heavy atom. The molecule has 1 unspecified atom stereocenters. The molecular weight excluding hydrogens is 274 g/mol. The van der Waals surface area contributed by atoms with Crippen LogP contribution in [-0.2, 0) is 6.54 Å². The molecule has 2 aliphatic rings. The van der Waals surface area contributed by atoms with Gasteiger partial charge in [0.2, 0.25) is 0 Å². The molecule has 2 saturated heterocycles. The number of hydrogen-bond donors (Lipinski definition) is 2. The molecule has 0 aromatic carbocycles. The van der Waals surface area contributed by atoms with Gasteiger partial charge in [-0.3, -0.25) is 9.88 Å². The Kier molecular flexibility index (Phi) is 3.54. The SMILES string of the molecule is NC(=S)c1cc(CN2CCN3C(=O)NCC3C2)ccn1. The molecule has 3 rings (SSSR count). The van der Waals surface area contributed by atoms with E-state index in [4.69, 9.17) is 18.0 Å². The summed E-state index contributed by atoms with van der Waals surface area (Å²) in [6.45, 7) is 4.13. The number of thiocarbonyl (C=S) groups is 1. The Morgan fingerprint density at radius 1 is 1.55 bits per heavy atom. The normalized spacial score (nSPS) is 22.5. The lowest BCUT2D eigenvalue weighted by atomic mass is 10.1. The Balaban J connectivity index is 1.65. The number of carbonyl (C=O) groups excluding carboxylic acids is 1. The van der Waals surface area contributed by atoms with Crippen molar-refractivity contribution < 1.29 is 4.79 Å². The number of urea groups is 1. The fourth-order valence-electron chi connectivity index (χ4n) is 2.78. The largest absolute Gasteiger partial charge is 0.388 e. The minimum Gasteiger partial charge on any atom is -0.388 e. The van der Waals surface area contributed by atoms with Crippen LogP contribution < -0.4 is 11.1 Å². The summed E-state index contributed by atoms with van der Waals surface area (Å²) in [5.41, 5.74) is 7.41. The maximum atomic E-state index is 11.6. The van der Waals surface area contributed by atoms with E-state index in [9.17, 15) is 4.79 Å². The van der Waals surface area contributed by atoms with Crippen LogP contribution in [0.15, 0.2) is 18.3 Å². The average molecular weight is 291 g/mol. The number of nitrogens with two attached hydrogens (primary N) is 1. The topological polar surface area (TPSA) is 74.5 Å². The molecule has 0 bridgehead atoms. The molecule has 7 heteroatoms. The molecule has 3 N–H and O–H groups in total. The number of nitrogens with one attached hydrogen (secondary N) is 1. The monoisotopic (exact) mass is 291 g/mol. The van der Waals surface area contributed by atoms with Crippen molar-refractivity contribution >= 4 is 23.2 Å². The van der Waals surface area contributed by atoms with Crippen molar-refractivity contribution in [1.82, 2.24) is 20.1 Å². The third kappa shape index (κ3) is 2.59. The van der Waals surface area contributed by atoms with E-state index in [1.807, 2.05) is 17.0 Å². The second kappa shape index (κ2) is 5.34. The Hall–Kier alpha value is -1.73. The van der Waals surface area contributed by atoms with Crippen LogP contribution in [0.5, 0.6) is 0 Å². The number of carbonyl (C=O) groups is 1. The first kappa shape index (κ1) is 13.3. The van der Waals surface area contributed by atoms with Gasteiger partial charge in [-0.2, -0.15) is 0 Å². The summed E-state index contributed by atoms with van der Waals surface area (Å²) in [7, 11) is 0. The molecule has 3 heterocycles. The fourth-order valence-corrected chi connectivity index (χ4v) is 2.89. The third-order valence-electron chi connectivity index (χ3n) is 3.80. The molecule has 0 radical (unpaired) electrons. The summed E-state index contributed by atoms with van der Waals surface area (Å²) < 4.78 is 0. The van der Waals surface area contributed by atoms with Crippen LogP contribution in [0.2, 0.25) is 0 Å². The van der Waals surface area contributed by atoms with Gasteiger partial charge in [0.25, 0.3) is 0 Å². The van der Waals surface area contributed by atoms with Crippen LogP contribution in [0.3, 0.4) is 0 Å². The van der Waals surface area contributed by atoms with Crippen LogP contribution in [-0.4, -0.2) is 58.0 Å². The smallest absolute Gasteiger partial charge is 0.317 e. The lowest BCUT2D eigenvalue weighted by Crippen LogP contribution is -2.51. The van der Waals surface area contributed by atoms with Crippen LogP contribution in [0.4, 0.5) is 4.79 Å². The zero-order chi connectivity index (χ0) is 14.1. The van der Waals surface area contributed by atoms with Gasteiger partial charge in [0, 0.05) is 38.9 Å². The molecule has 20 heavy (non-hydrogen) atoms. The standard InChI is InChI=1S/C13H17N5OS/c14-12(20)11-5-9(1-2-15-11)7-17-3-4-18-10(8-17)6-16-13(18)19/h1-2,5,10H,3-4,6-8H2,(H2,14,20)(H,16,19). The molecule has 1 aromatic heterocycles. The molecule has 2 fully saturated rings. The number of nitrogens with zero attached hydrogens (tertiary/aromatic N) is 3. The van der Waals surface area contributed by atoms with E-state index in [0.29, 0.717) is 10.7 Å². The molecule has 2 amide bonds. The first-order valence-electron chi connectivity index (χ1n) is 6.65. The molecule has 106 valence electrons. The zero-order valence-corrected chi connectivity index (χ0v) is 11.9. The van der Waals surface area contributed by atoms with Gasteiger partial charge in [-0.15, -0.1) is 0 Å². The van der Waals surface area contributed by atoms with Crippen molar-refractivity contribution in [2.24, 2.45) is 5.73 Å². The number of fused-ring (bicyclic) bond motifs is 1. The Labute approximate surface area is 122 Å². The molecule has 0 aliphatic carbocycles. The fraction of sp³-hybridized carbons (Fsp3) is 0.462. The second-order valence-corrected chi connectivity index (χ2v) is 5.62. The minimum absolute atomic E-state index is 0.0642. The molecule has 6 nitrogen and oxygen atoms in total. The number of pyridine rings is 1. The quantitative estimate of drug-likeness (QED) is 0.762. The van der Waals surface area contributed by atoms with Crippen molar-refractivity contribution in [2.75, 3.05) is 26.2 Å². The van der Waals surface area contributed by atoms with Gasteiger partial charge < -0.3 is 16.0 Å². The summed E-state index contributed by atoms with van der Waals surface area (Å²) in [4.78, 5) is 20.3. The first-order valence-corrected chi connectivity index (χ1v) is 7.06. The summed E-state index contributed by atoms with van der Waals surface area (Å²) in [6.07, 6.45) is 1.74. The van der Waals surface area contributed by atoms with E-state index in [0.717, 1.165) is 38.3 Å². The number of piperazine rings is 1. The van der Waals surface area contributed by atoms with E-state index in [2.05, 4.69) is 15.2 Å². The highest BCUT2D eigenvalue weighted by molar-refractivity contribution is 7.80. The van der Waals surface area contributed by atoms with Crippen LogP contribution >= 0.6 is 12.2 Å².